The van der Waals surface area contributed by atoms with Crippen LogP contribution < -0.4 is 10.6 Å². The number of benzene rings is 2. The summed E-state index contributed by atoms with van der Waals surface area (Å²) in [5.74, 6) is -0.817. The predicted octanol–water partition coefficient (Wildman–Crippen LogP) is 4.27. The summed E-state index contributed by atoms with van der Waals surface area (Å²) in [6.45, 7) is 5.18. The van der Waals surface area contributed by atoms with Gasteiger partial charge in [-0.1, -0.05) is 73.4 Å². The topological polar surface area (TPSA) is 78.5 Å². The first-order chi connectivity index (χ1) is 14.1. The van der Waals surface area contributed by atoms with Crippen molar-refractivity contribution in [1.29, 1.82) is 0 Å². The van der Waals surface area contributed by atoms with Crippen molar-refractivity contribution < 1.29 is 14.4 Å². The summed E-state index contributed by atoms with van der Waals surface area (Å²) in [7, 11) is 0. The molecule has 1 aliphatic rings. The highest BCUT2D eigenvalue weighted by atomic mass is 35.5. The van der Waals surface area contributed by atoms with E-state index in [0.717, 1.165) is 10.5 Å². The Hall–Kier alpha value is -2.57. The molecule has 158 valence electrons. The summed E-state index contributed by atoms with van der Waals surface area (Å²) in [4.78, 5) is 39.2. The van der Waals surface area contributed by atoms with Gasteiger partial charge in [-0.2, -0.15) is 0 Å². The van der Waals surface area contributed by atoms with Crippen LogP contribution in [0.5, 0.6) is 0 Å². The molecular formula is C22H23Cl2N3O3. The molecule has 2 aromatic carbocycles. The number of hydrogen-bond donors (Lipinski definition) is 2. The molecule has 2 atom stereocenters. The SMILES string of the molecule is CC(C)[C@@H](NC(=O)CN1C(=O)N[C@@](C)(c2ccc(Cl)c(Cl)c2)C1=O)c1ccccc1. The molecule has 0 spiro atoms. The second-order valence-electron chi connectivity index (χ2n) is 7.78. The number of imide groups is 1. The fourth-order valence-electron chi connectivity index (χ4n) is 3.50. The Kier molecular flexibility index (Phi) is 6.38. The minimum absolute atomic E-state index is 0.126. The quantitative estimate of drug-likeness (QED) is 0.648. The van der Waals surface area contributed by atoms with Crippen LogP contribution in [-0.4, -0.2) is 29.3 Å². The maximum absolute atomic E-state index is 13.0. The Morgan fingerprint density at radius 3 is 2.37 bits per heavy atom. The highest BCUT2D eigenvalue weighted by molar-refractivity contribution is 6.42. The zero-order valence-corrected chi connectivity index (χ0v) is 18.4. The van der Waals surface area contributed by atoms with Crippen molar-refractivity contribution in [2.45, 2.75) is 32.4 Å². The molecule has 0 aliphatic carbocycles. The van der Waals surface area contributed by atoms with Crippen molar-refractivity contribution in [2.75, 3.05) is 6.54 Å². The summed E-state index contributed by atoms with van der Waals surface area (Å²) in [6.07, 6.45) is 0. The number of urea groups is 1. The molecule has 30 heavy (non-hydrogen) atoms. The number of amides is 4. The van der Waals surface area contributed by atoms with E-state index in [1.165, 1.54) is 6.07 Å². The van der Waals surface area contributed by atoms with Gasteiger partial charge in [0.2, 0.25) is 5.91 Å². The van der Waals surface area contributed by atoms with Gasteiger partial charge >= 0.3 is 6.03 Å². The van der Waals surface area contributed by atoms with Crippen molar-refractivity contribution in [3.63, 3.8) is 0 Å². The average molecular weight is 448 g/mol. The number of rotatable bonds is 6. The van der Waals surface area contributed by atoms with Gasteiger partial charge in [-0.15, -0.1) is 0 Å². The molecule has 0 bridgehead atoms. The van der Waals surface area contributed by atoms with Crippen molar-refractivity contribution in [2.24, 2.45) is 5.92 Å². The van der Waals surface area contributed by atoms with Crippen molar-refractivity contribution >= 4 is 41.0 Å². The van der Waals surface area contributed by atoms with Crippen LogP contribution in [-0.2, 0) is 15.1 Å². The molecule has 0 aromatic heterocycles. The maximum Gasteiger partial charge on any atom is 0.325 e. The van der Waals surface area contributed by atoms with E-state index >= 15 is 0 Å². The molecule has 0 unspecified atom stereocenters. The highest BCUT2D eigenvalue weighted by Crippen LogP contribution is 2.33. The molecular weight excluding hydrogens is 425 g/mol. The molecule has 0 saturated carbocycles. The minimum atomic E-state index is -1.33. The normalized spacial score (nSPS) is 19.7. The third kappa shape index (κ3) is 4.30. The van der Waals surface area contributed by atoms with Crippen LogP contribution in [0, 0.1) is 5.92 Å². The lowest BCUT2D eigenvalue weighted by atomic mass is 9.92. The van der Waals surface area contributed by atoms with Gasteiger partial charge in [0.25, 0.3) is 5.91 Å². The minimum Gasteiger partial charge on any atom is -0.347 e. The van der Waals surface area contributed by atoms with Gasteiger partial charge in [-0.05, 0) is 36.1 Å². The van der Waals surface area contributed by atoms with Crippen LogP contribution in [0.15, 0.2) is 48.5 Å². The van der Waals surface area contributed by atoms with Crippen molar-refractivity contribution in [1.82, 2.24) is 15.5 Å². The van der Waals surface area contributed by atoms with Crippen LogP contribution in [0.25, 0.3) is 0 Å². The Morgan fingerprint density at radius 1 is 1.10 bits per heavy atom. The molecule has 2 aromatic rings. The smallest absolute Gasteiger partial charge is 0.325 e. The van der Waals surface area contributed by atoms with E-state index in [2.05, 4.69) is 10.6 Å². The number of carbonyl (C=O) groups excluding carboxylic acids is 3. The molecule has 8 heteroatoms. The van der Waals surface area contributed by atoms with Gasteiger partial charge in [-0.3, -0.25) is 14.5 Å². The average Bonchev–Trinajstić information content (AvgIpc) is 2.92. The van der Waals surface area contributed by atoms with E-state index in [-0.39, 0.29) is 23.5 Å². The van der Waals surface area contributed by atoms with Gasteiger partial charge < -0.3 is 10.6 Å². The monoisotopic (exact) mass is 447 g/mol. The molecule has 1 aliphatic heterocycles. The molecule has 0 radical (unpaired) electrons. The molecule has 6 nitrogen and oxygen atoms in total. The number of hydrogen-bond acceptors (Lipinski definition) is 3. The Bertz CT molecular complexity index is 981. The van der Waals surface area contributed by atoms with E-state index < -0.39 is 23.4 Å². The molecule has 4 amide bonds. The first kappa shape index (κ1) is 22.1. The number of nitrogens with zero attached hydrogens (tertiary/aromatic N) is 1. The summed E-state index contributed by atoms with van der Waals surface area (Å²) < 4.78 is 0. The lowest BCUT2D eigenvalue weighted by Crippen LogP contribution is -2.44. The second kappa shape index (κ2) is 8.66. The second-order valence-corrected chi connectivity index (χ2v) is 8.59. The molecule has 1 fully saturated rings. The Morgan fingerprint density at radius 2 is 1.77 bits per heavy atom. The third-order valence-corrected chi connectivity index (χ3v) is 5.95. The van der Waals surface area contributed by atoms with Gasteiger partial charge in [-0.25, -0.2) is 4.79 Å². The van der Waals surface area contributed by atoms with E-state index in [0.29, 0.717) is 10.6 Å². The zero-order valence-electron chi connectivity index (χ0n) is 16.9. The zero-order chi connectivity index (χ0) is 22.1. The summed E-state index contributed by atoms with van der Waals surface area (Å²) in [5.41, 5.74) is 0.115. The van der Waals surface area contributed by atoms with Gasteiger partial charge in [0, 0.05) is 0 Å². The standard InChI is InChI=1S/C22H23Cl2N3O3/c1-13(2)19(14-7-5-4-6-8-14)25-18(28)12-27-20(29)22(3,26-21(27)30)15-9-10-16(23)17(24)11-15/h4-11,13,19H,12H2,1-3H3,(H,25,28)(H,26,30)/t19-,22+/m1/s1. The predicted molar refractivity (Wildman–Crippen MR) is 116 cm³/mol. The molecule has 2 N–H and O–H groups in total. The number of nitrogens with one attached hydrogen (secondary N) is 2. The van der Waals surface area contributed by atoms with Crippen LogP contribution in [0.4, 0.5) is 4.79 Å². The molecule has 3 rings (SSSR count). The van der Waals surface area contributed by atoms with Crippen LogP contribution in [0.3, 0.4) is 0 Å². The molecule has 1 saturated heterocycles. The van der Waals surface area contributed by atoms with E-state index in [1.54, 1.807) is 19.1 Å². The third-order valence-electron chi connectivity index (χ3n) is 5.22. The fraction of sp³-hybridized carbons (Fsp3) is 0.318. The van der Waals surface area contributed by atoms with Crippen LogP contribution >= 0.6 is 23.2 Å². The fourth-order valence-corrected chi connectivity index (χ4v) is 3.80. The Balaban J connectivity index is 1.76. The number of halogens is 2. The van der Waals surface area contributed by atoms with Crippen molar-refractivity contribution in [3.8, 4) is 0 Å². The van der Waals surface area contributed by atoms with Crippen molar-refractivity contribution in [3.05, 3.63) is 69.7 Å². The largest absolute Gasteiger partial charge is 0.347 e. The van der Waals surface area contributed by atoms with E-state index in [1.807, 2.05) is 44.2 Å². The summed E-state index contributed by atoms with van der Waals surface area (Å²) in [6, 6.07) is 13.4. The van der Waals surface area contributed by atoms with Crippen LogP contribution in [0.1, 0.15) is 37.9 Å². The highest BCUT2D eigenvalue weighted by Gasteiger charge is 2.49. The molecule has 1 heterocycles. The van der Waals surface area contributed by atoms with Crippen LogP contribution in [0.2, 0.25) is 10.0 Å². The van der Waals surface area contributed by atoms with E-state index in [4.69, 9.17) is 23.2 Å². The van der Waals surface area contributed by atoms with Gasteiger partial charge in [0.05, 0.1) is 16.1 Å². The first-order valence-corrected chi connectivity index (χ1v) is 10.3. The van der Waals surface area contributed by atoms with Gasteiger partial charge in [0.15, 0.2) is 0 Å². The Labute approximate surface area is 185 Å². The van der Waals surface area contributed by atoms with E-state index in [9.17, 15) is 14.4 Å². The number of carbonyl (C=O) groups is 3. The van der Waals surface area contributed by atoms with Gasteiger partial charge in [0.1, 0.15) is 12.1 Å². The summed E-state index contributed by atoms with van der Waals surface area (Å²) >= 11 is 12.0. The first-order valence-electron chi connectivity index (χ1n) is 9.57. The summed E-state index contributed by atoms with van der Waals surface area (Å²) in [5, 5.41) is 6.21. The lowest BCUT2D eigenvalue weighted by molar-refractivity contribution is -0.135. The lowest BCUT2D eigenvalue weighted by Gasteiger charge is -2.25. The maximum atomic E-state index is 13.0.